The first-order chi connectivity index (χ1) is 16.0. The molecule has 2 amide bonds. The zero-order valence-electron chi connectivity index (χ0n) is 17.3. The van der Waals surface area contributed by atoms with Crippen LogP contribution in [0, 0.1) is 0 Å². The minimum Gasteiger partial charge on any atom is -0.449 e. The molecule has 0 bridgehead atoms. The van der Waals surface area contributed by atoms with Gasteiger partial charge in [0, 0.05) is 12.4 Å². The Kier molecular flexibility index (Phi) is 5.27. The molecule has 4 aromatic rings. The van der Waals surface area contributed by atoms with E-state index in [4.69, 9.17) is 9.15 Å². The Morgan fingerprint density at radius 1 is 1.09 bits per heavy atom. The van der Waals surface area contributed by atoms with Gasteiger partial charge in [0.05, 0.1) is 28.1 Å². The van der Waals surface area contributed by atoms with Crippen LogP contribution in [0.3, 0.4) is 0 Å². The first-order valence-electron chi connectivity index (χ1n) is 9.98. The Balaban J connectivity index is 1.31. The molecule has 33 heavy (non-hydrogen) atoms. The minimum absolute atomic E-state index is 0.120. The Labute approximate surface area is 191 Å². The maximum absolute atomic E-state index is 12.9. The van der Waals surface area contributed by atoms with Crippen LogP contribution in [0.1, 0.15) is 55.6 Å². The van der Waals surface area contributed by atoms with Crippen LogP contribution in [0.2, 0.25) is 0 Å². The number of imide groups is 1. The van der Waals surface area contributed by atoms with Gasteiger partial charge in [0.2, 0.25) is 0 Å². The Hall–Kier alpha value is -4.18. The average molecular weight is 460 g/mol. The number of carbonyl (C=O) groups excluding carboxylic acids is 3. The van der Waals surface area contributed by atoms with E-state index in [0.717, 1.165) is 15.3 Å². The van der Waals surface area contributed by atoms with Crippen molar-refractivity contribution in [3.8, 4) is 10.8 Å². The van der Waals surface area contributed by atoms with Gasteiger partial charge >= 0.3 is 5.97 Å². The second kappa shape index (κ2) is 8.40. The van der Waals surface area contributed by atoms with Crippen LogP contribution in [0.4, 0.5) is 0 Å². The van der Waals surface area contributed by atoms with Crippen molar-refractivity contribution in [2.45, 2.75) is 19.6 Å². The monoisotopic (exact) mass is 460 g/mol. The molecule has 9 nitrogen and oxygen atoms in total. The van der Waals surface area contributed by atoms with Crippen molar-refractivity contribution in [2.24, 2.45) is 0 Å². The summed E-state index contributed by atoms with van der Waals surface area (Å²) in [5, 5.41) is 9.82. The zero-order chi connectivity index (χ0) is 22.9. The summed E-state index contributed by atoms with van der Waals surface area (Å²) in [6, 6.07) is 11.5. The molecule has 1 aliphatic rings. The fraction of sp³-hybridized carbons (Fsp3) is 0.130. The molecular weight excluding hydrogens is 444 g/mol. The van der Waals surface area contributed by atoms with Gasteiger partial charge in [0.15, 0.2) is 6.10 Å². The SMILES string of the molecule is CC(OC(=O)c1ccc2c(c1)C(=O)N(Cc1ccncc1)C2=O)c1nnc(-c2cccs2)o1. The molecule has 10 heteroatoms. The Morgan fingerprint density at radius 3 is 2.64 bits per heavy atom. The predicted molar refractivity (Wildman–Crippen MR) is 116 cm³/mol. The van der Waals surface area contributed by atoms with Crippen LogP contribution in [-0.4, -0.2) is 37.9 Å². The smallest absolute Gasteiger partial charge is 0.338 e. The topological polar surface area (TPSA) is 115 Å². The third-order valence-corrected chi connectivity index (χ3v) is 5.96. The number of thiophene rings is 1. The average Bonchev–Trinajstić information content (AvgIpc) is 3.57. The Bertz CT molecular complexity index is 1350. The number of hydrogen-bond donors (Lipinski definition) is 0. The van der Waals surface area contributed by atoms with E-state index in [1.165, 1.54) is 29.5 Å². The first kappa shape index (κ1) is 20.7. The van der Waals surface area contributed by atoms with Gasteiger partial charge < -0.3 is 9.15 Å². The number of ether oxygens (including phenoxy) is 1. The molecule has 0 fully saturated rings. The quantitative estimate of drug-likeness (QED) is 0.314. The van der Waals surface area contributed by atoms with Crippen molar-refractivity contribution in [1.29, 1.82) is 0 Å². The van der Waals surface area contributed by atoms with Crippen LogP contribution in [0.5, 0.6) is 0 Å². The highest BCUT2D eigenvalue weighted by atomic mass is 32.1. The normalized spacial score (nSPS) is 13.8. The van der Waals surface area contributed by atoms with Gasteiger partial charge in [0.1, 0.15) is 0 Å². The molecule has 5 rings (SSSR count). The third-order valence-electron chi connectivity index (χ3n) is 5.10. The van der Waals surface area contributed by atoms with Crippen molar-refractivity contribution < 1.29 is 23.5 Å². The molecule has 0 spiro atoms. The molecule has 4 heterocycles. The fourth-order valence-corrected chi connectivity index (χ4v) is 4.05. The number of hydrogen-bond acceptors (Lipinski definition) is 9. The lowest BCUT2D eigenvalue weighted by molar-refractivity contribution is 0.0279. The summed E-state index contributed by atoms with van der Waals surface area (Å²) in [5.74, 6) is -1.05. The summed E-state index contributed by atoms with van der Waals surface area (Å²) in [5.41, 5.74) is 1.32. The van der Waals surface area contributed by atoms with Crippen LogP contribution in [-0.2, 0) is 11.3 Å². The number of rotatable bonds is 6. The maximum Gasteiger partial charge on any atom is 0.338 e. The fourth-order valence-electron chi connectivity index (χ4n) is 3.41. The molecule has 0 N–H and O–H groups in total. The lowest BCUT2D eigenvalue weighted by Crippen LogP contribution is -2.29. The summed E-state index contributed by atoms with van der Waals surface area (Å²) >= 11 is 1.45. The highest BCUT2D eigenvalue weighted by Gasteiger charge is 2.36. The predicted octanol–water partition coefficient (Wildman–Crippen LogP) is 3.91. The third kappa shape index (κ3) is 3.92. The van der Waals surface area contributed by atoms with Crippen molar-refractivity contribution in [2.75, 3.05) is 0 Å². The highest BCUT2D eigenvalue weighted by molar-refractivity contribution is 7.13. The van der Waals surface area contributed by atoms with E-state index < -0.39 is 23.9 Å². The van der Waals surface area contributed by atoms with Crippen molar-refractivity contribution >= 4 is 29.1 Å². The molecule has 0 saturated heterocycles. The number of amides is 2. The molecule has 0 aliphatic carbocycles. The van der Waals surface area contributed by atoms with Gasteiger partial charge in [-0.05, 0) is 54.3 Å². The van der Waals surface area contributed by atoms with Gasteiger partial charge in [-0.3, -0.25) is 19.5 Å². The van der Waals surface area contributed by atoms with Gasteiger partial charge in [-0.1, -0.05) is 6.07 Å². The minimum atomic E-state index is -0.799. The molecule has 0 saturated carbocycles. The summed E-state index contributed by atoms with van der Waals surface area (Å²) < 4.78 is 11.1. The maximum atomic E-state index is 12.9. The molecule has 3 aromatic heterocycles. The van der Waals surface area contributed by atoms with E-state index in [0.29, 0.717) is 5.89 Å². The number of benzene rings is 1. The lowest BCUT2D eigenvalue weighted by atomic mass is 10.1. The Morgan fingerprint density at radius 2 is 1.88 bits per heavy atom. The first-order valence-corrected chi connectivity index (χ1v) is 10.9. The van der Waals surface area contributed by atoms with E-state index in [-0.39, 0.29) is 29.1 Å². The molecule has 1 aromatic carbocycles. The van der Waals surface area contributed by atoms with E-state index in [1.807, 2.05) is 17.5 Å². The van der Waals surface area contributed by atoms with E-state index in [9.17, 15) is 14.4 Å². The standard InChI is InChI=1S/C23H16N4O5S/c1-13(19-25-26-20(32-19)18-3-2-10-33-18)31-23(30)15-4-5-16-17(11-15)22(29)27(21(16)28)12-14-6-8-24-9-7-14/h2-11,13H,12H2,1H3. The molecule has 164 valence electrons. The summed E-state index contributed by atoms with van der Waals surface area (Å²) in [4.78, 5) is 44.1. The van der Waals surface area contributed by atoms with Gasteiger partial charge in [-0.15, -0.1) is 21.5 Å². The van der Waals surface area contributed by atoms with Gasteiger partial charge in [-0.25, -0.2) is 4.79 Å². The number of aromatic nitrogens is 3. The second-order valence-electron chi connectivity index (χ2n) is 7.28. The number of fused-ring (bicyclic) bond motifs is 1. The van der Waals surface area contributed by atoms with Gasteiger partial charge in [-0.2, -0.15) is 0 Å². The van der Waals surface area contributed by atoms with Crippen molar-refractivity contribution in [3.63, 3.8) is 0 Å². The van der Waals surface area contributed by atoms with Crippen molar-refractivity contribution in [1.82, 2.24) is 20.1 Å². The molecule has 0 radical (unpaired) electrons. The number of carbonyl (C=O) groups is 3. The van der Waals surface area contributed by atoms with E-state index in [2.05, 4.69) is 15.2 Å². The summed E-state index contributed by atoms with van der Waals surface area (Å²) in [6.07, 6.45) is 2.39. The van der Waals surface area contributed by atoms with E-state index in [1.54, 1.807) is 31.5 Å². The van der Waals surface area contributed by atoms with Gasteiger partial charge in [0.25, 0.3) is 23.6 Å². The second-order valence-corrected chi connectivity index (χ2v) is 8.23. The summed E-state index contributed by atoms with van der Waals surface area (Å²) in [7, 11) is 0. The zero-order valence-corrected chi connectivity index (χ0v) is 18.1. The number of pyridine rings is 1. The van der Waals surface area contributed by atoms with Crippen LogP contribution in [0.15, 0.2) is 64.7 Å². The van der Waals surface area contributed by atoms with Crippen LogP contribution in [0.25, 0.3) is 10.8 Å². The lowest BCUT2D eigenvalue weighted by Gasteiger charge is -2.13. The van der Waals surface area contributed by atoms with E-state index >= 15 is 0 Å². The molecule has 1 aliphatic heterocycles. The number of nitrogens with zero attached hydrogens (tertiary/aromatic N) is 4. The summed E-state index contributed by atoms with van der Waals surface area (Å²) in [6.45, 7) is 1.73. The van der Waals surface area contributed by atoms with Crippen LogP contribution >= 0.6 is 11.3 Å². The largest absolute Gasteiger partial charge is 0.449 e. The van der Waals surface area contributed by atoms with Crippen LogP contribution < -0.4 is 0 Å². The highest BCUT2D eigenvalue weighted by Crippen LogP contribution is 2.28. The molecule has 1 atom stereocenters. The number of esters is 1. The van der Waals surface area contributed by atoms with Crippen molar-refractivity contribution in [3.05, 3.63) is 88.4 Å². The molecular formula is C23H16N4O5S. The molecule has 1 unspecified atom stereocenters.